The third kappa shape index (κ3) is 4.46. The summed E-state index contributed by atoms with van der Waals surface area (Å²) in [5, 5.41) is 0. The number of hydrogen-bond donors (Lipinski definition) is 0. The summed E-state index contributed by atoms with van der Waals surface area (Å²) in [5.74, 6) is 0. The number of hydrogen-bond acceptors (Lipinski definition) is 1. The van der Waals surface area contributed by atoms with Gasteiger partial charge in [0.05, 0.1) is 0 Å². The SMILES string of the molecule is CCCC[C@@H](C)N(C)C. The van der Waals surface area contributed by atoms with E-state index in [1.54, 1.807) is 0 Å². The molecule has 0 aliphatic carbocycles. The van der Waals surface area contributed by atoms with Gasteiger partial charge in [-0.15, -0.1) is 0 Å². The predicted octanol–water partition coefficient (Wildman–Crippen LogP) is 2.13. The molecule has 0 heterocycles. The fraction of sp³-hybridized carbons (Fsp3) is 1.00. The topological polar surface area (TPSA) is 3.24 Å². The summed E-state index contributed by atoms with van der Waals surface area (Å²) in [7, 11) is 4.28. The second kappa shape index (κ2) is 4.80. The number of nitrogens with zero attached hydrogens (tertiary/aromatic N) is 1. The van der Waals surface area contributed by atoms with Crippen molar-refractivity contribution in [1.82, 2.24) is 4.90 Å². The standard InChI is InChI=1S/C8H19N/c1-5-6-7-8(2)9(3)4/h8H,5-7H2,1-4H3/t8-/m1/s1. The molecule has 0 amide bonds. The zero-order valence-electron chi connectivity index (χ0n) is 7.15. The minimum atomic E-state index is 0.755. The van der Waals surface area contributed by atoms with Gasteiger partial charge in [-0.1, -0.05) is 19.8 Å². The molecule has 0 N–H and O–H groups in total. The largest absolute Gasteiger partial charge is 0.307 e. The molecule has 9 heavy (non-hydrogen) atoms. The molecule has 0 radical (unpaired) electrons. The normalized spacial score (nSPS) is 14.3. The van der Waals surface area contributed by atoms with Crippen LogP contribution in [-0.2, 0) is 0 Å². The van der Waals surface area contributed by atoms with E-state index in [4.69, 9.17) is 0 Å². The van der Waals surface area contributed by atoms with E-state index < -0.39 is 0 Å². The van der Waals surface area contributed by atoms with Gasteiger partial charge in [-0.25, -0.2) is 0 Å². The van der Waals surface area contributed by atoms with Gasteiger partial charge >= 0.3 is 0 Å². The summed E-state index contributed by atoms with van der Waals surface area (Å²) >= 11 is 0. The second-order valence-electron chi connectivity index (χ2n) is 2.95. The van der Waals surface area contributed by atoms with Crippen LogP contribution in [0.5, 0.6) is 0 Å². The van der Waals surface area contributed by atoms with Crippen LogP contribution in [0, 0.1) is 0 Å². The molecule has 0 spiro atoms. The van der Waals surface area contributed by atoms with Gasteiger partial charge in [0.25, 0.3) is 0 Å². The molecular weight excluding hydrogens is 110 g/mol. The molecule has 0 aromatic rings. The highest BCUT2D eigenvalue weighted by atomic mass is 15.1. The van der Waals surface area contributed by atoms with Gasteiger partial charge in [-0.2, -0.15) is 0 Å². The molecular formula is C8H19N. The minimum absolute atomic E-state index is 0.755. The van der Waals surface area contributed by atoms with Gasteiger partial charge in [-0.3, -0.25) is 0 Å². The van der Waals surface area contributed by atoms with Crippen LogP contribution in [0.25, 0.3) is 0 Å². The van der Waals surface area contributed by atoms with Crippen molar-refractivity contribution < 1.29 is 0 Å². The second-order valence-corrected chi connectivity index (χ2v) is 2.95. The maximum absolute atomic E-state index is 2.27. The van der Waals surface area contributed by atoms with Crippen LogP contribution >= 0.6 is 0 Å². The first-order valence-electron chi connectivity index (χ1n) is 3.85. The van der Waals surface area contributed by atoms with Gasteiger partial charge in [0, 0.05) is 6.04 Å². The smallest absolute Gasteiger partial charge is 0.00608 e. The fourth-order valence-corrected chi connectivity index (χ4v) is 0.758. The van der Waals surface area contributed by atoms with Crippen molar-refractivity contribution >= 4 is 0 Å². The summed E-state index contributed by atoms with van der Waals surface area (Å²) in [4.78, 5) is 2.27. The summed E-state index contributed by atoms with van der Waals surface area (Å²) in [5.41, 5.74) is 0. The Hall–Kier alpha value is -0.0400. The molecule has 0 aliphatic heterocycles. The number of rotatable bonds is 4. The Kier molecular flexibility index (Phi) is 4.78. The van der Waals surface area contributed by atoms with Gasteiger partial charge in [0.15, 0.2) is 0 Å². The highest BCUT2D eigenvalue weighted by Gasteiger charge is 2.01. The molecule has 0 aromatic heterocycles. The van der Waals surface area contributed by atoms with E-state index in [0.29, 0.717) is 0 Å². The lowest BCUT2D eigenvalue weighted by molar-refractivity contribution is 0.293. The van der Waals surface area contributed by atoms with Crippen LogP contribution in [0.1, 0.15) is 33.1 Å². The Balaban J connectivity index is 3.16. The van der Waals surface area contributed by atoms with E-state index in [1.807, 2.05) is 0 Å². The van der Waals surface area contributed by atoms with Crippen molar-refractivity contribution in [3.8, 4) is 0 Å². The Labute approximate surface area is 59.1 Å². The van der Waals surface area contributed by atoms with Crippen molar-refractivity contribution in [2.24, 2.45) is 0 Å². The Morgan fingerprint density at radius 1 is 1.33 bits per heavy atom. The molecule has 0 bridgehead atoms. The van der Waals surface area contributed by atoms with E-state index in [9.17, 15) is 0 Å². The molecule has 0 fully saturated rings. The van der Waals surface area contributed by atoms with E-state index in [-0.39, 0.29) is 0 Å². The number of unbranched alkanes of at least 4 members (excludes halogenated alkanes) is 1. The quantitative estimate of drug-likeness (QED) is 0.562. The molecule has 0 unspecified atom stereocenters. The van der Waals surface area contributed by atoms with Crippen LogP contribution < -0.4 is 0 Å². The molecule has 1 atom stereocenters. The predicted molar refractivity (Wildman–Crippen MR) is 42.7 cm³/mol. The van der Waals surface area contributed by atoms with E-state index >= 15 is 0 Å². The molecule has 0 saturated heterocycles. The monoisotopic (exact) mass is 129 g/mol. The summed E-state index contributed by atoms with van der Waals surface area (Å²) in [6.45, 7) is 4.51. The lowest BCUT2D eigenvalue weighted by atomic mass is 10.1. The molecule has 56 valence electrons. The summed E-state index contributed by atoms with van der Waals surface area (Å²) in [6.07, 6.45) is 4.01. The molecule has 0 saturated carbocycles. The van der Waals surface area contributed by atoms with E-state index in [1.165, 1.54) is 19.3 Å². The maximum atomic E-state index is 2.27. The first-order valence-corrected chi connectivity index (χ1v) is 3.85. The van der Waals surface area contributed by atoms with Crippen LogP contribution in [0.4, 0.5) is 0 Å². The molecule has 1 nitrogen and oxygen atoms in total. The summed E-state index contributed by atoms with van der Waals surface area (Å²) in [6, 6.07) is 0.755. The Morgan fingerprint density at radius 2 is 1.89 bits per heavy atom. The van der Waals surface area contributed by atoms with Crippen LogP contribution in [-0.4, -0.2) is 25.0 Å². The van der Waals surface area contributed by atoms with Crippen molar-refractivity contribution in [1.29, 1.82) is 0 Å². The van der Waals surface area contributed by atoms with Crippen LogP contribution in [0.15, 0.2) is 0 Å². The van der Waals surface area contributed by atoms with Gasteiger partial charge in [0.2, 0.25) is 0 Å². The van der Waals surface area contributed by atoms with Crippen molar-refractivity contribution in [3.63, 3.8) is 0 Å². The van der Waals surface area contributed by atoms with Gasteiger partial charge in [0.1, 0.15) is 0 Å². The summed E-state index contributed by atoms with van der Waals surface area (Å²) < 4.78 is 0. The van der Waals surface area contributed by atoms with Crippen molar-refractivity contribution in [2.75, 3.05) is 14.1 Å². The zero-order valence-corrected chi connectivity index (χ0v) is 7.15. The van der Waals surface area contributed by atoms with Crippen molar-refractivity contribution in [3.05, 3.63) is 0 Å². The molecule has 0 aliphatic rings. The van der Waals surface area contributed by atoms with Crippen LogP contribution in [0.3, 0.4) is 0 Å². The Morgan fingerprint density at radius 3 is 2.22 bits per heavy atom. The van der Waals surface area contributed by atoms with Crippen LogP contribution in [0.2, 0.25) is 0 Å². The van der Waals surface area contributed by atoms with Gasteiger partial charge < -0.3 is 4.90 Å². The minimum Gasteiger partial charge on any atom is -0.307 e. The third-order valence-electron chi connectivity index (χ3n) is 1.86. The molecule has 1 heteroatoms. The average Bonchev–Trinajstić information content (AvgIpc) is 1.82. The molecule has 0 rings (SSSR count). The first-order chi connectivity index (χ1) is 4.18. The highest BCUT2D eigenvalue weighted by Crippen LogP contribution is 2.03. The van der Waals surface area contributed by atoms with E-state index in [2.05, 4.69) is 32.8 Å². The first kappa shape index (κ1) is 8.96. The van der Waals surface area contributed by atoms with Crippen molar-refractivity contribution in [2.45, 2.75) is 39.2 Å². The zero-order chi connectivity index (χ0) is 7.28. The lowest BCUT2D eigenvalue weighted by Crippen LogP contribution is -2.24. The van der Waals surface area contributed by atoms with Gasteiger partial charge in [-0.05, 0) is 27.4 Å². The third-order valence-corrected chi connectivity index (χ3v) is 1.86. The lowest BCUT2D eigenvalue weighted by Gasteiger charge is -2.18. The van der Waals surface area contributed by atoms with E-state index in [0.717, 1.165) is 6.04 Å². The highest BCUT2D eigenvalue weighted by molar-refractivity contribution is 4.57. The fourth-order valence-electron chi connectivity index (χ4n) is 0.758. The molecule has 0 aromatic carbocycles. The Bertz CT molecular complexity index is 59.6. The average molecular weight is 129 g/mol. The maximum Gasteiger partial charge on any atom is 0.00608 e.